The molecule has 0 bridgehead atoms. The van der Waals surface area contributed by atoms with Crippen molar-refractivity contribution in [1.82, 2.24) is 34.1 Å². The summed E-state index contributed by atoms with van der Waals surface area (Å²) in [7, 11) is 0. The molecule has 3 aliphatic heterocycles. The van der Waals surface area contributed by atoms with Crippen LogP contribution in [0.5, 0.6) is 5.75 Å². The maximum atomic E-state index is 15.1. The zero-order valence-corrected chi connectivity index (χ0v) is 23.7. The molecule has 6 aromatic rings. The second-order valence-corrected chi connectivity index (χ2v) is 11.4. The molecule has 0 unspecified atom stereocenters. The smallest absolute Gasteiger partial charge is 0.261 e. The summed E-state index contributed by atoms with van der Waals surface area (Å²) in [6.07, 6.45) is 3.49. The SMILES string of the molecule is O=C1c2ccccc2C(=O)N1C1CN([C@H]2COc3cc(-n4c(-c5ccccc5F)nc5ccc(-n6cccn6)nc54)ccc32)C1. The van der Waals surface area contributed by atoms with Crippen molar-refractivity contribution in [3.05, 3.63) is 120 Å². The number of aromatic nitrogens is 5. The van der Waals surface area contributed by atoms with E-state index in [-0.39, 0.29) is 29.7 Å². The normalized spacial score (nSPS) is 17.9. The van der Waals surface area contributed by atoms with Crippen molar-refractivity contribution in [3.8, 4) is 28.6 Å². The van der Waals surface area contributed by atoms with E-state index in [2.05, 4.69) is 10.00 Å². The van der Waals surface area contributed by atoms with Gasteiger partial charge in [0, 0.05) is 37.1 Å². The van der Waals surface area contributed by atoms with Crippen molar-refractivity contribution in [2.45, 2.75) is 12.1 Å². The van der Waals surface area contributed by atoms with Gasteiger partial charge in [-0.15, -0.1) is 0 Å². The van der Waals surface area contributed by atoms with Gasteiger partial charge in [0.2, 0.25) is 0 Å². The first kappa shape index (κ1) is 25.8. The van der Waals surface area contributed by atoms with Crippen LogP contribution in [0, 0.1) is 5.82 Å². The van der Waals surface area contributed by atoms with E-state index in [1.54, 1.807) is 53.3 Å². The number of amides is 2. The first-order chi connectivity index (χ1) is 22.0. The summed E-state index contributed by atoms with van der Waals surface area (Å²) in [5, 5.41) is 4.31. The minimum absolute atomic E-state index is 0.0180. The van der Waals surface area contributed by atoms with Crippen LogP contribution in [0.2, 0.25) is 0 Å². The lowest BCUT2D eigenvalue weighted by molar-refractivity contribution is 0.00764. The van der Waals surface area contributed by atoms with Crippen LogP contribution in [0.25, 0.3) is 34.1 Å². The molecule has 2 amide bonds. The van der Waals surface area contributed by atoms with Gasteiger partial charge < -0.3 is 4.74 Å². The standard InChI is InChI=1S/C34H24FN7O3/c35-26-9-4-3-8-24(26)31-37-27-12-13-30(40-15-5-14-36-40)38-32(27)41(31)20-10-11-25-28(19-45-29(25)16-20)39-17-21(18-39)42-33(43)22-6-1-2-7-23(22)34(42)44/h1-16,21,28H,17-19H2/t28-/m0/s1. The zero-order chi connectivity index (χ0) is 30.2. The molecule has 9 rings (SSSR count). The van der Waals surface area contributed by atoms with Gasteiger partial charge in [0.1, 0.15) is 29.5 Å². The number of hydrogen-bond donors (Lipinski definition) is 0. The van der Waals surface area contributed by atoms with Crippen LogP contribution in [0.4, 0.5) is 4.39 Å². The molecule has 0 spiro atoms. The summed E-state index contributed by atoms with van der Waals surface area (Å²) in [5.41, 5.74) is 4.21. The van der Waals surface area contributed by atoms with Crippen LogP contribution < -0.4 is 4.74 Å². The Morgan fingerprint density at radius 1 is 0.822 bits per heavy atom. The Morgan fingerprint density at radius 2 is 1.58 bits per heavy atom. The van der Waals surface area contributed by atoms with E-state index < -0.39 is 0 Å². The van der Waals surface area contributed by atoms with E-state index in [4.69, 9.17) is 14.7 Å². The van der Waals surface area contributed by atoms with Crippen molar-refractivity contribution < 1.29 is 18.7 Å². The Hall–Kier alpha value is -5.68. The highest BCUT2D eigenvalue weighted by Crippen LogP contribution is 2.42. The van der Waals surface area contributed by atoms with Gasteiger partial charge >= 0.3 is 0 Å². The van der Waals surface area contributed by atoms with E-state index in [0.717, 1.165) is 11.3 Å². The summed E-state index contributed by atoms with van der Waals surface area (Å²) < 4.78 is 24.8. The maximum absolute atomic E-state index is 15.1. The summed E-state index contributed by atoms with van der Waals surface area (Å²) in [4.78, 5) is 39.2. The molecule has 6 heterocycles. The second kappa shape index (κ2) is 9.66. The van der Waals surface area contributed by atoms with E-state index in [1.165, 1.54) is 11.0 Å². The third-order valence-electron chi connectivity index (χ3n) is 8.88. The highest BCUT2D eigenvalue weighted by Gasteiger charge is 2.47. The molecular formula is C34H24FN7O3. The minimum atomic E-state index is -0.385. The molecule has 3 aliphatic rings. The number of ether oxygens (including phenoxy) is 1. The zero-order valence-electron chi connectivity index (χ0n) is 23.7. The fourth-order valence-electron chi connectivity index (χ4n) is 6.62. The number of hydrogen-bond acceptors (Lipinski definition) is 7. The lowest BCUT2D eigenvalue weighted by Crippen LogP contribution is -2.61. The largest absolute Gasteiger partial charge is 0.491 e. The Balaban J connectivity index is 1.05. The lowest BCUT2D eigenvalue weighted by Gasteiger charge is -2.45. The van der Waals surface area contributed by atoms with Crippen LogP contribution in [0.15, 0.2) is 97.3 Å². The third kappa shape index (κ3) is 3.87. The van der Waals surface area contributed by atoms with Gasteiger partial charge in [0.05, 0.1) is 34.5 Å². The second-order valence-electron chi connectivity index (χ2n) is 11.4. The number of imidazole rings is 1. The number of carbonyl (C=O) groups excluding carboxylic acids is 2. The Kier molecular flexibility index (Phi) is 5.54. The maximum Gasteiger partial charge on any atom is 0.261 e. The Morgan fingerprint density at radius 3 is 2.31 bits per heavy atom. The van der Waals surface area contributed by atoms with Crippen LogP contribution in [0.3, 0.4) is 0 Å². The molecule has 0 saturated carbocycles. The number of pyridine rings is 1. The summed E-state index contributed by atoms with van der Waals surface area (Å²) >= 11 is 0. The van der Waals surface area contributed by atoms with Crippen molar-refractivity contribution in [1.29, 1.82) is 0 Å². The lowest BCUT2D eigenvalue weighted by atomic mass is 9.99. The predicted molar refractivity (Wildman–Crippen MR) is 162 cm³/mol. The van der Waals surface area contributed by atoms with Crippen molar-refractivity contribution in [2.75, 3.05) is 19.7 Å². The molecule has 0 radical (unpaired) electrons. The van der Waals surface area contributed by atoms with Crippen molar-refractivity contribution >= 4 is 23.0 Å². The van der Waals surface area contributed by atoms with E-state index >= 15 is 4.39 Å². The van der Waals surface area contributed by atoms with E-state index in [9.17, 15) is 9.59 Å². The predicted octanol–water partition coefficient (Wildman–Crippen LogP) is 4.83. The molecule has 11 heteroatoms. The molecule has 45 heavy (non-hydrogen) atoms. The average molecular weight is 598 g/mol. The Labute approximate surface area is 255 Å². The average Bonchev–Trinajstić information content (AvgIpc) is 3.84. The number of carbonyl (C=O) groups is 2. The molecule has 220 valence electrons. The molecule has 0 N–H and O–H groups in total. The molecule has 1 atom stereocenters. The topological polar surface area (TPSA) is 98.4 Å². The molecule has 3 aromatic heterocycles. The molecule has 1 fully saturated rings. The van der Waals surface area contributed by atoms with Crippen molar-refractivity contribution in [2.24, 2.45) is 0 Å². The number of imide groups is 1. The fraction of sp³-hybridized carbons (Fsp3) is 0.147. The molecule has 1 saturated heterocycles. The van der Waals surface area contributed by atoms with Gasteiger partial charge in [-0.05, 0) is 48.5 Å². The molecule has 10 nitrogen and oxygen atoms in total. The highest BCUT2D eigenvalue weighted by atomic mass is 19.1. The molecule has 0 aliphatic carbocycles. The van der Waals surface area contributed by atoms with Gasteiger partial charge in [0.15, 0.2) is 11.5 Å². The van der Waals surface area contributed by atoms with Crippen LogP contribution in [0.1, 0.15) is 32.3 Å². The summed E-state index contributed by atoms with van der Waals surface area (Å²) in [6, 6.07) is 24.8. The van der Waals surface area contributed by atoms with Gasteiger partial charge in [-0.25, -0.2) is 19.0 Å². The number of benzene rings is 3. The summed E-state index contributed by atoms with van der Waals surface area (Å²) in [6.45, 7) is 1.59. The summed E-state index contributed by atoms with van der Waals surface area (Å²) in [5.74, 6) is 0.910. The Bertz CT molecular complexity index is 2140. The van der Waals surface area contributed by atoms with Gasteiger partial charge in [-0.1, -0.05) is 30.3 Å². The van der Waals surface area contributed by atoms with E-state index in [0.29, 0.717) is 64.9 Å². The van der Waals surface area contributed by atoms with Gasteiger partial charge in [-0.3, -0.25) is 24.0 Å². The van der Waals surface area contributed by atoms with Crippen LogP contribution in [-0.4, -0.2) is 71.7 Å². The number of nitrogens with zero attached hydrogens (tertiary/aromatic N) is 7. The minimum Gasteiger partial charge on any atom is -0.491 e. The first-order valence-electron chi connectivity index (χ1n) is 14.7. The van der Waals surface area contributed by atoms with Crippen LogP contribution in [-0.2, 0) is 0 Å². The van der Waals surface area contributed by atoms with Gasteiger partial charge in [0.25, 0.3) is 11.8 Å². The van der Waals surface area contributed by atoms with Gasteiger partial charge in [-0.2, -0.15) is 5.10 Å². The van der Waals surface area contributed by atoms with E-state index in [1.807, 2.05) is 47.2 Å². The first-order valence-corrected chi connectivity index (χ1v) is 14.7. The fourth-order valence-corrected chi connectivity index (χ4v) is 6.62. The highest BCUT2D eigenvalue weighted by molar-refractivity contribution is 6.21. The quantitative estimate of drug-likeness (QED) is 0.263. The van der Waals surface area contributed by atoms with Crippen LogP contribution >= 0.6 is 0 Å². The third-order valence-corrected chi connectivity index (χ3v) is 8.88. The molecule has 3 aromatic carbocycles. The number of halogens is 1. The number of fused-ring (bicyclic) bond motifs is 3. The number of likely N-dealkylation sites (tertiary alicyclic amines) is 1. The monoisotopic (exact) mass is 597 g/mol. The molecular weight excluding hydrogens is 573 g/mol. The number of rotatable bonds is 5. The van der Waals surface area contributed by atoms with Crippen molar-refractivity contribution in [3.63, 3.8) is 0 Å².